The Kier molecular flexibility index (Phi) is 3.96. The van der Waals surface area contributed by atoms with E-state index in [1.807, 2.05) is 0 Å². The fourth-order valence-corrected chi connectivity index (χ4v) is 2.02. The van der Waals surface area contributed by atoms with Crippen LogP contribution in [0, 0.1) is 11.7 Å². The van der Waals surface area contributed by atoms with Crippen LogP contribution in [0.3, 0.4) is 0 Å². The fourth-order valence-electron chi connectivity index (χ4n) is 1.77. The lowest BCUT2D eigenvalue weighted by Gasteiger charge is -2.21. The van der Waals surface area contributed by atoms with E-state index in [9.17, 15) is 14.0 Å². The molecule has 2 rings (SSSR count). The van der Waals surface area contributed by atoms with Gasteiger partial charge in [0.2, 0.25) is 11.8 Å². The minimum atomic E-state index is -0.426. The maximum absolute atomic E-state index is 13.3. The molecule has 2 N–H and O–H groups in total. The molecule has 0 aliphatic carbocycles. The number of carbonyl (C=O) groups excluding carboxylic acids is 2. The van der Waals surface area contributed by atoms with Crippen LogP contribution in [0.15, 0.2) is 22.7 Å². The SMILES string of the molecule is O=C1CCC(C(=O)Nc2ccc(Br)c(F)c2)CN1. The zero-order chi connectivity index (χ0) is 13.1. The molecule has 0 aromatic heterocycles. The molecule has 1 fully saturated rings. The van der Waals surface area contributed by atoms with Gasteiger partial charge in [0.15, 0.2) is 0 Å². The molecule has 1 atom stereocenters. The van der Waals surface area contributed by atoms with Crippen LogP contribution in [0.1, 0.15) is 12.8 Å². The van der Waals surface area contributed by atoms with Crippen molar-refractivity contribution in [3.05, 3.63) is 28.5 Å². The average Bonchev–Trinajstić information content (AvgIpc) is 2.34. The lowest BCUT2D eigenvalue weighted by molar-refractivity contribution is -0.126. The van der Waals surface area contributed by atoms with Crippen molar-refractivity contribution in [2.45, 2.75) is 12.8 Å². The van der Waals surface area contributed by atoms with Gasteiger partial charge < -0.3 is 10.6 Å². The van der Waals surface area contributed by atoms with E-state index in [-0.39, 0.29) is 17.7 Å². The minimum absolute atomic E-state index is 0.0336. The molecule has 4 nitrogen and oxygen atoms in total. The highest BCUT2D eigenvalue weighted by molar-refractivity contribution is 9.10. The third-order valence-corrected chi connectivity index (χ3v) is 3.47. The molecule has 1 heterocycles. The largest absolute Gasteiger partial charge is 0.355 e. The number of halogens is 2. The van der Waals surface area contributed by atoms with Gasteiger partial charge in [-0.25, -0.2) is 4.39 Å². The smallest absolute Gasteiger partial charge is 0.229 e. The molecular weight excluding hydrogens is 303 g/mol. The molecule has 1 aromatic rings. The highest BCUT2D eigenvalue weighted by atomic mass is 79.9. The fraction of sp³-hybridized carbons (Fsp3) is 0.333. The van der Waals surface area contributed by atoms with Crippen LogP contribution < -0.4 is 10.6 Å². The molecule has 1 aromatic carbocycles. The second-order valence-electron chi connectivity index (χ2n) is 4.16. The van der Waals surface area contributed by atoms with Crippen LogP contribution in [0.2, 0.25) is 0 Å². The quantitative estimate of drug-likeness (QED) is 0.877. The van der Waals surface area contributed by atoms with E-state index < -0.39 is 5.82 Å². The van der Waals surface area contributed by atoms with Crippen LogP contribution in [0.25, 0.3) is 0 Å². The van der Waals surface area contributed by atoms with Crippen LogP contribution in [-0.4, -0.2) is 18.4 Å². The Balaban J connectivity index is 1.98. The van der Waals surface area contributed by atoms with Crippen molar-refractivity contribution in [1.29, 1.82) is 0 Å². The third kappa shape index (κ3) is 3.07. The van der Waals surface area contributed by atoms with E-state index in [1.54, 1.807) is 6.07 Å². The van der Waals surface area contributed by atoms with Gasteiger partial charge in [-0.15, -0.1) is 0 Å². The summed E-state index contributed by atoms with van der Waals surface area (Å²) in [6, 6.07) is 4.41. The summed E-state index contributed by atoms with van der Waals surface area (Å²) in [4.78, 5) is 22.8. The summed E-state index contributed by atoms with van der Waals surface area (Å²) in [6.07, 6.45) is 0.878. The van der Waals surface area contributed by atoms with Crippen molar-refractivity contribution in [3.63, 3.8) is 0 Å². The summed E-state index contributed by atoms with van der Waals surface area (Å²) in [6.45, 7) is 0.337. The van der Waals surface area contributed by atoms with Gasteiger partial charge in [-0.05, 0) is 40.5 Å². The number of hydrogen-bond donors (Lipinski definition) is 2. The molecule has 0 saturated carbocycles. The summed E-state index contributed by atoms with van der Waals surface area (Å²) in [5.41, 5.74) is 0.414. The van der Waals surface area contributed by atoms with Crippen molar-refractivity contribution >= 4 is 33.4 Å². The molecule has 1 unspecified atom stereocenters. The first kappa shape index (κ1) is 13.0. The number of piperidine rings is 1. The third-order valence-electron chi connectivity index (χ3n) is 2.82. The van der Waals surface area contributed by atoms with E-state index in [0.29, 0.717) is 29.5 Å². The zero-order valence-corrected chi connectivity index (χ0v) is 11.1. The van der Waals surface area contributed by atoms with Crippen molar-refractivity contribution in [2.24, 2.45) is 5.92 Å². The van der Waals surface area contributed by atoms with E-state index in [4.69, 9.17) is 0 Å². The van der Waals surface area contributed by atoms with Crippen LogP contribution in [0.5, 0.6) is 0 Å². The number of hydrogen-bond acceptors (Lipinski definition) is 2. The van der Waals surface area contributed by atoms with Crippen LogP contribution in [0.4, 0.5) is 10.1 Å². The highest BCUT2D eigenvalue weighted by Gasteiger charge is 2.24. The topological polar surface area (TPSA) is 58.2 Å². The number of benzene rings is 1. The van der Waals surface area contributed by atoms with Crippen molar-refractivity contribution < 1.29 is 14.0 Å². The van der Waals surface area contributed by atoms with Crippen molar-refractivity contribution in [3.8, 4) is 0 Å². The Morgan fingerprint density at radius 2 is 2.28 bits per heavy atom. The second-order valence-corrected chi connectivity index (χ2v) is 5.01. The van der Waals surface area contributed by atoms with Gasteiger partial charge in [-0.2, -0.15) is 0 Å². The Bertz CT molecular complexity index is 483. The first-order valence-corrected chi connectivity index (χ1v) is 6.38. The van der Waals surface area contributed by atoms with Crippen LogP contribution >= 0.6 is 15.9 Å². The molecule has 96 valence electrons. The van der Waals surface area contributed by atoms with Gasteiger partial charge in [-0.1, -0.05) is 0 Å². The first-order chi connectivity index (χ1) is 8.56. The van der Waals surface area contributed by atoms with Gasteiger partial charge >= 0.3 is 0 Å². The standard InChI is InChI=1S/C12H12BrFN2O2/c13-9-3-2-8(5-10(9)14)16-12(18)7-1-4-11(17)15-6-7/h2-3,5,7H,1,4,6H2,(H,15,17)(H,16,18). The normalized spacial score (nSPS) is 19.2. The summed E-state index contributed by atoms with van der Waals surface area (Å²) in [7, 11) is 0. The minimum Gasteiger partial charge on any atom is -0.355 e. The van der Waals surface area contributed by atoms with Crippen molar-refractivity contribution in [2.75, 3.05) is 11.9 Å². The molecule has 0 bridgehead atoms. The first-order valence-electron chi connectivity index (χ1n) is 5.59. The second kappa shape index (κ2) is 5.48. The number of carbonyl (C=O) groups is 2. The predicted molar refractivity (Wildman–Crippen MR) is 68.5 cm³/mol. The Morgan fingerprint density at radius 3 is 2.89 bits per heavy atom. The van der Waals surface area contributed by atoms with E-state index >= 15 is 0 Å². The molecule has 0 radical (unpaired) electrons. The Morgan fingerprint density at radius 1 is 1.50 bits per heavy atom. The van der Waals surface area contributed by atoms with Gasteiger partial charge in [0.1, 0.15) is 5.82 Å². The van der Waals surface area contributed by atoms with Crippen molar-refractivity contribution in [1.82, 2.24) is 5.32 Å². The Hall–Kier alpha value is -1.43. The molecule has 6 heteroatoms. The molecule has 1 aliphatic rings. The van der Waals surface area contributed by atoms with E-state index in [1.165, 1.54) is 12.1 Å². The zero-order valence-electron chi connectivity index (χ0n) is 9.50. The highest BCUT2D eigenvalue weighted by Crippen LogP contribution is 2.20. The lowest BCUT2D eigenvalue weighted by atomic mass is 9.98. The molecule has 18 heavy (non-hydrogen) atoms. The molecular formula is C12H12BrFN2O2. The monoisotopic (exact) mass is 314 g/mol. The molecule has 2 amide bonds. The Labute approximate surface area is 112 Å². The van der Waals surface area contributed by atoms with E-state index in [2.05, 4.69) is 26.6 Å². The number of amides is 2. The maximum Gasteiger partial charge on any atom is 0.229 e. The lowest BCUT2D eigenvalue weighted by Crippen LogP contribution is -2.40. The van der Waals surface area contributed by atoms with Gasteiger partial charge in [0.25, 0.3) is 0 Å². The summed E-state index contributed by atoms with van der Waals surface area (Å²) >= 11 is 3.04. The maximum atomic E-state index is 13.3. The molecule has 1 saturated heterocycles. The van der Waals surface area contributed by atoms with Crippen LogP contribution in [-0.2, 0) is 9.59 Å². The summed E-state index contributed by atoms with van der Waals surface area (Å²) in [5, 5.41) is 5.28. The number of nitrogens with one attached hydrogen (secondary N) is 2. The van der Waals surface area contributed by atoms with Gasteiger partial charge in [0, 0.05) is 18.7 Å². The predicted octanol–water partition coefficient (Wildman–Crippen LogP) is 2.05. The molecule has 1 aliphatic heterocycles. The average molecular weight is 315 g/mol. The van der Waals surface area contributed by atoms with Gasteiger partial charge in [0.05, 0.1) is 10.4 Å². The van der Waals surface area contributed by atoms with E-state index in [0.717, 1.165) is 0 Å². The number of anilines is 1. The summed E-state index contributed by atoms with van der Waals surface area (Å²) < 4.78 is 13.6. The van der Waals surface area contributed by atoms with Gasteiger partial charge in [-0.3, -0.25) is 9.59 Å². The number of rotatable bonds is 2. The summed E-state index contributed by atoms with van der Waals surface area (Å²) in [5.74, 6) is -0.912. The molecule has 0 spiro atoms.